The summed E-state index contributed by atoms with van der Waals surface area (Å²) in [5.41, 5.74) is 3.26. The van der Waals surface area contributed by atoms with Gasteiger partial charge in [0.05, 0.1) is 6.61 Å². The molecule has 0 saturated carbocycles. The zero-order chi connectivity index (χ0) is 14.4. The molecule has 0 fully saturated rings. The first-order valence-electron chi connectivity index (χ1n) is 7.01. The van der Waals surface area contributed by atoms with Crippen molar-refractivity contribution in [3.05, 3.63) is 54.1 Å². The fourth-order valence-corrected chi connectivity index (χ4v) is 2.13. The lowest BCUT2D eigenvalue weighted by Gasteiger charge is -2.11. The van der Waals surface area contributed by atoms with Gasteiger partial charge in [-0.05, 0) is 30.5 Å². The molecule has 0 radical (unpaired) electrons. The molecule has 0 aromatic heterocycles. The van der Waals surface area contributed by atoms with Crippen molar-refractivity contribution in [3.63, 3.8) is 0 Å². The van der Waals surface area contributed by atoms with Gasteiger partial charge < -0.3 is 4.74 Å². The Bertz CT molecular complexity index is 570. The molecule has 2 rings (SSSR count). The summed E-state index contributed by atoms with van der Waals surface area (Å²) in [6.45, 7) is 4.43. The Morgan fingerprint density at radius 1 is 1.05 bits per heavy atom. The Morgan fingerprint density at radius 2 is 1.75 bits per heavy atom. The van der Waals surface area contributed by atoms with Crippen LogP contribution in [0.5, 0.6) is 5.75 Å². The highest BCUT2D eigenvalue weighted by Gasteiger charge is 2.06. The Kier molecular flexibility index (Phi) is 4.94. The number of ether oxygens (including phenoxy) is 1. The van der Waals surface area contributed by atoms with Gasteiger partial charge in [-0.2, -0.15) is 0 Å². The third-order valence-electron chi connectivity index (χ3n) is 3.07. The smallest absolute Gasteiger partial charge is 0.134 e. The van der Waals surface area contributed by atoms with Gasteiger partial charge in [-0.1, -0.05) is 49.4 Å². The van der Waals surface area contributed by atoms with Crippen LogP contribution in [-0.4, -0.2) is 12.4 Å². The van der Waals surface area contributed by atoms with Crippen LogP contribution >= 0.6 is 0 Å². The van der Waals surface area contributed by atoms with E-state index in [-0.39, 0.29) is 5.78 Å². The number of benzene rings is 2. The van der Waals surface area contributed by atoms with E-state index in [1.807, 2.05) is 42.5 Å². The van der Waals surface area contributed by atoms with Gasteiger partial charge in [-0.25, -0.2) is 0 Å². The fourth-order valence-electron chi connectivity index (χ4n) is 2.13. The molecule has 0 spiro atoms. The second-order valence-corrected chi connectivity index (χ2v) is 4.92. The van der Waals surface area contributed by atoms with Crippen molar-refractivity contribution in [3.8, 4) is 16.9 Å². The van der Waals surface area contributed by atoms with Crippen LogP contribution in [0.3, 0.4) is 0 Å². The van der Waals surface area contributed by atoms with Gasteiger partial charge in [0.2, 0.25) is 0 Å². The number of carbonyl (C=O) groups is 1. The van der Waals surface area contributed by atoms with Crippen LogP contribution < -0.4 is 4.74 Å². The maximum Gasteiger partial charge on any atom is 0.134 e. The van der Waals surface area contributed by atoms with E-state index >= 15 is 0 Å². The molecule has 0 aliphatic carbocycles. The zero-order valence-electron chi connectivity index (χ0n) is 12.1. The first-order chi connectivity index (χ1) is 9.70. The highest BCUT2D eigenvalue weighted by molar-refractivity contribution is 5.78. The first-order valence-corrected chi connectivity index (χ1v) is 7.01. The molecule has 2 heteroatoms. The number of rotatable bonds is 6. The summed E-state index contributed by atoms with van der Waals surface area (Å²) in [4.78, 5) is 11.1. The summed E-state index contributed by atoms with van der Waals surface area (Å²) in [5, 5.41) is 0. The van der Waals surface area contributed by atoms with Crippen LogP contribution in [-0.2, 0) is 11.2 Å². The zero-order valence-corrected chi connectivity index (χ0v) is 12.1. The summed E-state index contributed by atoms with van der Waals surface area (Å²) < 4.78 is 5.78. The van der Waals surface area contributed by atoms with E-state index in [0.29, 0.717) is 6.42 Å². The Hall–Kier alpha value is -2.09. The van der Waals surface area contributed by atoms with E-state index in [0.717, 1.165) is 35.5 Å². The van der Waals surface area contributed by atoms with Gasteiger partial charge in [0.15, 0.2) is 0 Å². The summed E-state index contributed by atoms with van der Waals surface area (Å²) in [7, 11) is 0. The molecule has 0 amide bonds. The largest absolute Gasteiger partial charge is 0.493 e. The Balaban J connectivity index is 2.24. The maximum absolute atomic E-state index is 11.1. The lowest BCUT2D eigenvalue weighted by molar-refractivity contribution is -0.116. The predicted octanol–water partition coefficient (Wildman–Crippen LogP) is 4.27. The van der Waals surface area contributed by atoms with Crippen LogP contribution in [0.2, 0.25) is 0 Å². The number of hydrogen-bond acceptors (Lipinski definition) is 2. The molecule has 0 unspecified atom stereocenters. The normalized spacial score (nSPS) is 10.3. The number of hydrogen-bond donors (Lipinski definition) is 0. The second-order valence-electron chi connectivity index (χ2n) is 4.92. The molecule has 20 heavy (non-hydrogen) atoms. The lowest BCUT2D eigenvalue weighted by Crippen LogP contribution is -1.97. The minimum absolute atomic E-state index is 0.185. The molecule has 0 N–H and O–H groups in total. The summed E-state index contributed by atoms with van der Waals surface area (Å²) in [6.07, 6.45) is 1.49. The molecule has 0 heterocycles. The van der Waals surface area contributed by atoms with Gasteiger partial charge in [0.25, 0.3) is 0 Å². The number of para-hydroxylation sites is 1. The SMILES string of the molecule is CCCOc1ccccc1-c1ccc(CC(C)=O)cc1. The van der Waals surface area contributed by atoms with E-state index in [9.17, 15) is 4.79 Å². The molecule has 0 bridgehead atoms. The molecular formula is C18H20O2. The number of Topliss-reactive ketones (excluding diaryl/α,β-unsaturated/α-hetero) is 1. The third-order valence-corrected chi connectivity index (χ3v) is 3.07. The van der Waals surface area contributed by atoms with Gasteiger partial charge in [0, 0.05) is 12.0 Å². The average molecular weight is 268 g/mol. The molecule has 0 saturated heterocycles. The van der Waals surface area contributed by atoms with Crippen LogP contribution in [0.15, 0.2) is 48.5 Å². The van der Waals surface area contributed by atoms with Gasteiger partial charge in [-0.3, -0.25) is 4.79 Å². The number of ketones is 1. The standard InChI is InChI=1S/C18H20O2/c1-3-12-20-18-7-5-4-6-17(18)16-10-8-15(9-11-16)13-14(2)19/h4-11H,3,12-13H2,1-2H3. The molecule has 0 aliphatic heterocycles. The van der Waals surface area contributed by atoms with E-state index < -0.39 is 0 Å². The van der Waals surface area contributed by atoms with Gasteiger partial charge in [-0.15, -0.1) is 0 Å². The quantitative estimate of drug-likeness (QED) is 0.782. The third kappa shape index (κ3) is 3.70. The molecule has 2 aromatic rings. The van der Waals surface area contributed by atoms with Crippen molar-refractivity contribution in [1.82, 2.24) is 0 Å². The van der Waals surface area contributed by atoms with E-state index in [2.05, 4.69) is 13.0 Å². The van der Waals surface area contributed by atoms with E-state index in [1.54, 1.807) is 6.92 Å². The van der Waals surface area contributed by atoms with Crippen molar-refractivity contribution in [2.75, 3.05) is 6.61 Å². The Labute approximate surface area is 120 Å². The van der Waals surface area contributed by atoms with Crippen molar-refractivity contribution >= 4 is 5.78 Å². The summed E-state index contributed by atoms with van der Waals surface area (Å²) >= 11 is 0. The fraction of sp³-hybridized carbons (Fsp3) is 0.278. The van der Waals surface area contributed by atoms with Crippen molar-refractivity contribution in [2.45, 2.75) is 26.7 Å². The topological polar surface area (TPSA) is 26.3 Å². The molecule has 2 aromatic carbocycles. The Morgan fingerprint density at radius 3 is 2.40 bits per heavy atom. The van der Waals surface area contributed by atoms with Crippen molar-refractivity contribution < 1.29 is 9.53 Å². The minimum Gasteiger partial charge on any atom is -0.493 e. The monoisotopic (exact) mass is 268 g/mol. The average Bonchev–Trinajstić information content (AvgIpc) is 2.46. The van der Waals surface area contributed by atoms with Crippen molar-refractivity contribution in [2.24, 2.45) is 0 Å². The molecule has 2 nitrogen and oxygen atoms in total. The van der Waals surface area contributed by atoms with E-state index in [4.69, 9.17) is 4.74 Å². The number of carbonyl (C=O) groups excluding carboxylic acids is 1. The van der Waals surface area contributed by atoms with E-state index in [1.165, 1.54) is 0 Å². The van der Waals surface area contributed by atoms with Crippen LogP contribution in [0.1, 0.15) is 25.8 Å². The highest BCUT2D eigenvalue weighted by Crippen LogP contribution is 2.30. The molecule has 0 aliphatic rings. The van der Waals surface area contributed by atoms with Crippen LogP contribution in [0, 0.1) is 0 Å². The van der Waals surface area contributed by atoms with Crippen molar-refractivity contribution in [1.29, 1.82) is 0 Å². The van der Waals surface area contributed by atoms with Gasteiger partial charge in [0.1, 0.15) is 11.5 Å². The summed E-state index contributed by atoms with van der Waals surface area (Å²) in [6, 6.07) is 16.2. The maximum atomic E-state index is 11.1. The van der Waals surface area contributed by atoms with Gasteiger partial charge >= 0.3 is 0 Å². The minimum atomic E-state index is 0.185. The predicted molar refractivity (Wildman–Crippen MR) is 82.0 cm³/mol. The molecule has 104 valence electrons. The summed E-state index contributed by atoms with van der Waals surface area (Å²) in [5.74, 6) is 1.10. The van der Waals surface area contributed by atoms with Crippen LogP contribution in [0.25, 0.3) is 11.1 Å². The highest BCUT2D eigenvalue weighted by atomic mass is 16.5. The second kappa shape index (κ2) is 6.90. The first kappa shape index (κ1) is 14.3. The molecular weight excluding hydrogens is 248 g/mol. The van der Waals surface area contributed by atoms with Crippen LogP contribution in [0.4, 0.5) is 0 Å². The molecule has 0 atom stereocenters. The lowest BCUT2D eigenvalue weighted by atomic mass is 10.0.